The number of carbonyl (C=O) groups is 1. The van der Waals surface area contributed by atoms with Crippen molar-refractivity contribution in [2.75, 3.05) is 12.6 Å². The smallest absolute Gasteiger partial charge is 0.254 e. The van der Waals surface area contributed by atoms with E-state index in [9.17, 15) is 27.1 Å². The Labute approximate surface area is 185 Å². The van der Waals surface area contributed by atoms with Crippen LogP contribution < -0.4 is 4.72 Å². The summed E-state index contributed by atoms with van der Waals surface area (Å²) in [5.41, 5.74) is -1.07. The SMILES string of the molecule is CC(C)(O)C(=O)N1CC[C@H](NS(=O)(=O)CF)[C@@H]1Cc1cccc(-c2cccc(F)c2)c1F. The monoisotopic (exact) mass is 470 g/mol. The third-order valence-electron chi connectivity index (χ3n) is 5.45. The molecule has 0 aliphatic carbocycles. The molecular formula is C22H25F3N2O4S. The molecule has 1 amide bonds. The van der Waals surface area contributed by atoms with Gasteiger partial charge in [0.1, 0.15) is 17.2 Å². The standard InChI is InChI=1S/C22H25F3N2O4S/c1-22(2,29)21(28)27-10-9-18(26-32(30,31)13-23)19(27)12-15-6-4-8-17(20(15)25)14-5-3-7-16(24)11-14/h3-8,11,18-19,26,29H,9-10,12-13H2,1-2H3/t18-,19-/m0/s1. The molecule has 2 N–H and O–H groups in total. The van der Waals surface area contributed by atoms with Crippen molar-refractivity contribution in [3.8, 4) is 11.1 Å². The van der Waals surface area contributed by atoms with Crippen LogP contribution in [0, 0.1) is 11.6 Å². The van der Waals surface area contributed by atoms with Gasteiger partial charge < -0.3 is 10.0 Å². The molecule has 10 heteroatoms. The summed E-state index contributed by atoms with van der Waals surface area (Å²) in [7, 11) is -4.23. The number of benzene rings is 2. The average molecular weight is 471 g/mol. The molecule has 0 saturated carbocycles. The van der Waals surface area contributed by atoms with Crippen molar-refractivity contribution in [3.05, 3.63) is 59.7 Å². The second kappa shape index (κ2) is 9.21. The molecule has 6 nitrogen and oxygen atoms in total. The van der Waals surface area contributed by atoms with Crippen LogP contribution in [0.2, 0.25) is 0 Å². The number of halogens is 3. The number of carbonyl (C=O) groups excluding carboxylic acids is 1. The first-order valence-electron chi connectivity index (χ1n) is 10.1. The number of hydrogen-bond acceptors (Lipinski definition) is 4. The van der Waals surface area contributed by atoms with Crippen LogP contribution in [0.3, 0.4) is 0 Å². The number of hydrogen-bond donors (Lipinski definition) is 2. The first-order chi connectivity index (χ1) is 14.9. The summed E-state index contributed by atoms with van der Waals surface area (Å²) >= 11 is 0. The Hall–Kier alpha value is -2.43. The van der Waals surface area contributed by atoms with Gasteiger partial charge in [-0.2, -0.15) is 0 Å². The molecule has 1 heterocycles. The molecule has 1 saturated heterocycles. The zero-order valence-electron chi connectivity index (χ0n) is 17.7. The van der Waals surface area contributed by atoms with Gasteiger partial charge in [0, 0.05) is 18.2 Å². The van der Waals surface area contributed by atoms with Gasteiger partial charge in [-0.1, -0.05) is 30.3 Å². The molecule has 0 aromatic heterocycles. The Morgan fingerprint density at radius 3 is 2.53 bits per heavy atom. The quantitative estimate of drug-likeness (QED) is 0.652. The van der Waals surface area contributed by atoms with E-state index in [1.54, 1.807) is 12.1 Å². The summed E-state index contributed by atoms with van der Waals surface area (Å²) in [4.78, 5) is 14.0. The van der Waals surface area contributed by atoms with Gasteiger partial charge in [0.2, 0.25) is 16.0 Å². The summed E-state index contributed by atoms with van der Waals surface area (Å²) in [6.07, 6.45) is 0.0905. The number of likely N-dealkylation sites (tertiary alicyclic amines) is 1. The summed E-state index contributed by atoms with van der Waals surface area (Å²) < 4.78 is 67.7. The highest BCUT2D eigenvalue weighted by molar-refractivity contribution is 7.89. The lowest BCUT2D eigenvalue weighted by atomic mass is 9.95. The zero-order chi connectivity index (χ0) is 23.7. The van der Waals surface area contributed by atoms with Crippen LogP contribution in [0.5, 0.6) is 0 Å². The second-order valence-electron chi connectivity index (χ2n) is 8.35. The van der Waals surface area contributed by atoms with Crippen molar-refractivity contribution < 1.29 is 31.5 Å². The molecule has 0 spiro atoms. The van der Waals surface area contributed by atoms with Crippen LogP contribution >= 0.6 is 0 Å². The number of amides is 1. The van der Waals surface area contributed by atoms with E-state index in [1.807, 2.05) is 0 Å². The van der Waals surface area contributed by atoms with E-state index in [0.29, 0.717) is 5.56 Å². The van der Waals surface area contributed by atoms with Crippen LogP contribution in [0.4, 0.5) is 13.2 Å². The molecule has 32 heavy (non-hydrogen) atoms. The van der Waals surface area contributed by atoms with Crippen LogP contribution in [0.15, 0.2) is 42.5 Å². The van der Waals surface area contributed by atoms with Gasteiger partial charge in [0.05, 0.1) is 6.04 Å². The van der Waals surface area contributed by atoms with Crippen LogP contribution in [-0.2, 0) is 21.2 Å². The molecule has 0 radical (unpaired) electrons. The Balaban J connectivity index is 1.98. The van der Waals surface area contributed by atoms with Gasteiger partial charge in [-0.3, -0.25) is 4.79 Å². The number of rotatable bonds is 7. The minimum Gasteiger partial charge on any atom is -0.381 e. The van der Waals surface area contributed by atoms with E-state index in [0.717, 1.165) is 0 Å². The Morgan fingerprint density at radius 2 is 1.91 bits per heavy atom. The Bertz CT molecular complexity index is 1100. The van der Waals surface area contributed by atoms with Gasteiger partial charge in [-0.25, -0.2) is 26.3 Å². The number of aliphatic hydroxyl groups is 1. The number of nitrogens with zero attached hydrogens (tertiary/aromatic N) is 1. The fourth-order valence-corrected chi connectivity index (χ4v) is 4.75. The molecule has 0 bridgehead atoms. The van der Waals surface area contributed by atoms with Crippen LogP contribution in [0.1, 0.15) is 25.8 Å². The average Bonchev–Trinajstić information content (AvgIpc) is 3.09. The molecule has 174 valence electrons. The molecule has 2 aromatic rings. The highest BCUT2D eigenvalue weighted by Crippen LogP contribution is 2.30. The Morgan fingerprint density at radius 1 is 1.22 bits per heavy atom. The summed E-state index contributed by atoms with van der Waals surface area (Å²) in [6, 6.07) is 6.67. The molecule has 1 fully saturated rings. The number of nitrogens with one attached hydrogen (secondary N) is 1. The molecule has 1 aliphatic rings. The van der Waals surface area contributed by atoms with Crippen molar-refractivity contribution in [2.45, 2.75) is 44.4 Å². The van der Waals surface area contributed by atoms with E-state index in [2.05, 4.69) is 4.72 Å². The van der Waals surface area contributed by atoms with Crippen LogP contribution in [-0.4, -0.2) is 54.6 Å². The van der Waals surface area contributed by atoms with Crippen LogP contribution in [0.25, 0.3) is 11.1 Å². The van der Waals surface area contributed by atoms with Gasteiger partial charge in [-0.15, -0.1) is 0 Å². The maximum absolute atomic E-state index is 15.4. The van der Waals surface area contributed by atoms with E-state index < -0.39 is 51.3 Å². The van der Waals surface area contributed by atoms with E-state index in [4.69, 9.17) is 0 Å². The fourth-order valence-electron chi connectivity index (χ4n) is 3.95. The van der Waals surface area contributed by atoms with Gasteiger partial charge in [0.25, 0.3) is 5.91 Å². The van der Waals surface area contributed by atoms with E-state index in [1.165, 1.54) is 49.1 Å². The first-order valence-corrected chi connectivity index (χ1v) is 11.7. The van der Waals surface area contributed by atoms with Crippen molar-refractivity contribution in [1.29, 1.82) is 0 Å². The summed E-state index contributed by atoms with van der Waals surface area (Å²) in [6.45, 7) is 2.71. The number of alkyl halides is 1. The molecule has 2 aromatic carbocycles. The van der Waals surface area contributed by atoms with Gasteiger partial charge >= 0.3 is 0 Å². The van der Waals surface area contributed by atoms with E-state index >= 15 is 4.39 Å². The normalized spacial score (nSPS) is 19.4. The number of sulfonamides is 1. The lowest BCUT2D eigenvalue weighted by Crippen LogP contribution is -2.52. The first kappa shape index (κ1) is 24.2. The highest BCUT2D eigenvalue weighted by atomic mass is 32.2. The summed E-state index contributed by atoms with van der Waals surface area (Å²) in [5, 5.41) is 10.2. The van der Waals surface area contributed by atoms with Gasteiger partial charge in [0.15, 0.2) is 0 Å². The van der Waals surface area contributed by atoms with Gasteiger partial charge in [-0.05, 0) is 49.9 Å². The predicted octanol–water partition coefficient (Wildman–Crippen LogP) is 2.76. The lowest BCUT2D eigenvalue weighted by molar-refractivity contribution is -0.148. The van der Waals surface area contributed by atoms with Crippen molar-refractivity contribution in [1.82, 2.24) is 9.62 Å². The molecular weight excluding hydrogens is 445 g/mol. The largest absolute Gasteiger partial charge is 0.381 e. The third kappa shape index (κ3) is 5.31. The molecule has 0 unspecified atom stereocenters. The Kier molecular flexibility index (Phi) is 6.97. The second-order valence-corrected chi connectivity index (χ2v) is 10.0. The van der Waals surface area contributed by atoms with Crippen molar-refractivity contribution in [3.63, 3.8) is 0 Å². The zero-order valence-corrected chi connectivity index (χ0v) is 18.5. The van der Waals surface area contributed by atoms with E-state index in [-0.39, 0.29) is 30.5 Å². The van der Waals surface area contributed by atoms with Crippen molar-refractivity contribution in [2.24, 2.45) is 0 Å². The minimum absolute atomic E-state index is 0.0870. The third-order valence-corrected chi connectivity index (χ3v) is 6.40. The maximum Gasteiger partial charge on any atom is 0.254 e. The van der Waals surface area contributed by atoms with Crippen molar-refractivity contribution >= 4 is 15.9 Å². The predicted molar refractivity (Wildman–Crippen MR) is 114 cm³/mol. The molecule has 3 rings (SSSR count). The molecule has 2 atom stereocenters. The highest BCUT2D eigenvalue weighted by Gasteiger charge is 2.43. The fraction of sp³-hybridized carbons (Fsp3) is 0.409. The molecule has 1 aliphatic heterocycles. The maximum atomic E-state index is 15.4. The minimum atomic E-state index is -4.23. The summed E-state index contributed by atoms with van der Waals surface area (Å²) in [5.74, 6) is -1.80. The lowest BCUT2D eigenvalue weighted by Gasteiger charge is -2.32. The topological polar surface area (TPSA) is 86.7 Å².